The number of oxazole rings is 1. The molecule has 0 saturated carbocycles. The van der Waals surface area contributed by atoms with Crippen molar-refractivity contribution in [2.24, 2.45) is 5.92 Å². The second-order valence-electron chi connectivity index (χ2n) is 4.75. The predicted octanol–water partition coefficient (Wildman–Crippen LogP) is 1.77. The smallest absolute Gasteiger partial charge is 0.226 e. The third-order valence-corrected chi connectivity index (χ3v) is 3.25. The number of likely N-dealkylation sites (tertiary alicyclic amines) is 1. The van der Waals surface area contributed by atoms with Gasteiger partial charge in [0.1, 0.15) is 6.26 Å². The van der Waals surface area contributed by atoms with Crippen LogP contribution in [-0.2, 0) is 6.54 Å². The van der Waals surface area contributed by atoms with E-state index in [0.717, 1.165) is 30.9 Å². The predicted molar refractivity (Wildman–Crippen MR) is 67.8 cm³/mol. The van der Waals surface area contributed by atoms with E-state index in [9.17, 15) is 0 Å². The Morgan fingerprint density at radius 2 is 2.06 bits per heavy atom. The maximum Gasteiger partial charge on any atom is 0.226 e. The van der Waals surface area contributed by atoms with Gasteiger partial charge in [-0.2, -0.15) is 0 Å². The number of aromatic nitrogens is 1. The van der Waals surface area contributed by atoms with E-state index < -0.39 is 0 Å². The summed E-state index contributed by atoms with van der Waals surface area (Å²) in [6, 6.07) is 9.89. The Hall–Kier alpha value is -1.65. The van der Waals surface area contributed by atoms with Crippen LogP contribution in [0.4, 0.5) is 0 Å². The zero-order valence-electron chi connectivity index (χ0n) is 10.1. The number of aliphatic hydroxyl groups is 1. The van der Waals surface area contributed by atoms with E-state index in [4.69, 9.17) is 9.52 Å². The molecule has 3 rings (SSSR count). The zero-order chi connectivity index (χ0) is 12.4. The minimum absolute atomic E-state index is 0.282. The molecule has 1 aromatic carbocycles. The van der Waals surface area contributed by atoms with Crippen molar-refractivity contribution in [1.82, 2.24) is 9.88 Å². The Morgan fingerprint density at radius 1 is 1.28 bits per heavy atom. The number of hydrogen-bond acceptors (Lipinski definition) is 4. The summed E-state index contributed by atoms with van der Waals surface area (Å²) in [6.07, 6.45) is 1.72. The van der Waals surface area contributed by atoms with Gasteiger partial charge in [-0.3, -0.25) is 4.90 Å². The second kappa shape index (κ2) is 4.92. The quantitative estimate of drug-likeness (QED) is 0.890. The van der Waals surface area contributed by atoms with Crippen LogP contribution in [0.1, 0.15) is 5.69 Å². The molecule has 1 aromatic heterocycles. The van der Waals surface area contributed by atoms with Crippen LogP contribution in [0.3, 0.4) is 0 Å². The van der Waals surface area contributed by atoms with E-state index in [1.165, 1.54) is 0 Å². The Balaban J connectivity index is 1.64. The topological polar surface area (TPSA) is 49.5 Å². The molecule has 1 saturated heterocycles. The first-order chi connectivity index (χ1) is 8.85. The number of benzene rings is 1. The third-order valence-electron chi connectivity index (χ3n) is 3.25. The van der Waals surface area contributed by atoms with Crippen molar-refractivity contribution >= 4 is 0 Å². The number of hydrogen-bond donors (Lipinski definition) is 1. The third kappa shape index (κ3) is 2.30. The van der Waals surface area contributed by atoms with Crippen molar-refractivity contribution < 1.29 is 9.52 Å². The standard InChI is InChI=1S/C14H16N2O2/c17-9-11-6-16(7-11)8-13-10-18-14(15-13)12-4-2-1-3-5-12/h1-5,10-11,17H,6-9H2. The molecule has 2 heterocycles. The highest BCUT2D eigenvalue weighted by atomic mass is 16.3. The number of aliphatic hydroxyl groups excluding tert-OH is 1. The maximum atomic E-state index is 8.96. The van der Waals surface area contributed by atoms with Gasteiger partial charge in [0.15, 0.2) is 0 Å². The fourth-order valence-corrected chi connectivity index (χ4v) is 2.24. The molecule has 4 nitrogen and oxygen atoms in total. The van der Waals surface area contributed by atoms with Gasteiger partial charge in [0.2, 0.25) is 5.89 Å². The van der Waals surface area contributed by atoms with E-state index >= 15 is 0 Å². The monoisotopic (exact) mass is 244 g/mol. The average molecular weight is 244 g/mol. The Bertz CT molecular complexity index is 504. The minimum Gasteiger partial charge on any atom is -0.444 e. The van der Waals surface area contributed by atoms with Gasteiger partial charge in [0.25, 0.3) is 0 Å². The first-order valence-corrected chi connectivity index (χ1v) is 6.18. The highest BCUT2D eigenvalue weighted by molar-refractivity contribution is 5.52. The molecule has 18 heavy (non-hydrogen) atoms. The zero-order valence-corrected chi connectivity index (χ0v) is 10.1. The van der Waals surface area contributed by atoms with Gasteiger partial charge in [0.05, 0.1) is 5.69 Å². The maximum absolute atomic E-state index is 8.96. The van der Waals surface area contributed by atoms with Gasteiger partial charge in [0, 0.05) is 37.7 Å². The van der Waals surface area contributed by atoms with Crippen molar-refractivity contribution in [2.75, 3.05) is 19.7 Å². The first kappa shape index (κ1) is 11.4. The molecule has 0 spiro atoms. The summed E-state index contributed by atoms with van der Waals surface area (Å²) in [5.41, 5.74) is 1.95. The fraction of sp³-hybridized carbons (Fsp3) is 0.357. The van der Waals surface area contributed by atoms with Crippen LogP contribution >= 0.6 is 0 Å². The highest BCUT2D eigenvalue weighted by Crippen LogP contribution is 2.21. The van der Waals surface area contributed by atoms with Crippen molar-refractivity contribution in [3.05, 3.63) is 42.3 Å². The van der Waals surface area contributed by atoms with E-state index in [1.54, 1.807) is 6.26 Å². The molecule has 0 radical (unpaired) electrons. The summed E-state index contributed by atoms with van der Waals surface area (Å²) in [5, 5.41) is 8.96. The van der Waals surface area contributed by atoms with Gasteiger partial charge in [-0.1, -0.05) is 18.2 Å². The summed E-state index contributed by atoms with van der Waals surface area (Å²) in [4.78, 5) is 6.74. The second-order valence-corrected chi connectivity index (χ2v) is 4.75. The molecule has 0 atom stereocenters. The Morgan fingerprint density at radius 3 is 2.78 bits per heavy atom. The van der Waals surface area contributed by atoms with Crippen LogP contribution in [0.25, 0.3) is 11.5 Å². The van der Waals surface area contributed by atoms with E-state index in [1.807, 2.05) is 30.3 Å². The lowest BCUT2D eigenvalue weighted by atomic mass is 10.0. The van der Waals surface area contributed by atoms with Crippen molar-refractivity contribution in [2.45, 2.75) is 6.54 Å². The number of nitrogens with zero attached hydrogens (tertiary/aromatic N) is 2. The van der Waals surface area contributed by atoms with Gasteiger partial charge >= 0.3 is 0 Å². The van der Waals surface area contributed by atoms with Crippen molar-refractivity contribution in [3.63, 3.8) is 0 Å². The molecule has 1 aliphatic rings. The van der Waals surface area contributed by atoms with Crippen LogP contribution in [0.5, 0.6) is 0 Å². The molecule has 0 unspecified atom stereocenters. The average Bonchev–Trinajstić information content (AvgIpc) is 2.83. The molecule has 94 valence electrons. The molecule has 0 aliphatic carbocycles. The van der Waals surface area contributed by atoms with Crippen LogP contribution in [0.15, 0.2) is 41.0 Å². The summed E-state index contributed by atoms with van der Waals surface area (Å²) in [6.45, 7) is 2.98. The first-order valence-electron chi connectivity index (χ1n) is 6.18. The van der Waals surface area contributed by atoms with Gasteiger partial charge < -0.3 is 9.52 Å². The van der Waals surface area contributed by atoms with Crippen LogP contribution in [0, 0.1) is 5.92 Å². The summed E-state index contributed by atoms with van der Waals surface area (Å²) in [7, 11) is 0. The largest absolute Gasteiger partial charge is 0.444 e. The molecule has 0 amide bonds. The lowest BCUT2D eigenvalue weighted by Gasteiger charge is -2.37. The van der Waals surface area contributed by atoms with Crippen LogP contribution < -0.4 is 0 Å². The van der Waals surface area contributed by atoms with Crippen LogP contribution in [-0.4, -0.2) is 34.7 Å². The molecule has 1 N–H and O–H groups in total. The van der Waals surface area contributed by atoms with Crippen molar-refractivity contribution in [1.29, 1.82) is 0 Å². The minimum atomic E-state index is 0.282. The van der Waals surface area contributed by atoms with E-state index in [2.05, 4.69) is 9.88 Å². The van der Waals surface area contributed by atoms with Crippen LogP contribution in [0.2, 0.25) is 0 Å². The SMILES string of the molecule is OCC1CN(Cc2coc(-c3ccccc3)n2)C1. The molecule has 1 fully saturated rings. The van der Waals surface area contributed by atoms with Gasteiger partial charge in [-0.05, 0) is 12.1 Å². The Labute approximate surface area is 106 Å². The highest BCUT2D eigenvalue weighted by Gasteiger charge is 2.26. The fourth-order valence-electron chi connectivity index (χ4n) is 2.24. The summed E-state index contributed by atoms with van der Waals surface area (Å²) in [5.74, 6) is 1.11. The summed E-state index contributed by atoms with van der Waals surface area (Å²) < 4.78 is 5.49. The van der Waals surface area contributed by atoms with Gasteiger partial charge in [-0.15, -0.1) is 0 Å². The van der Waals surface area contributed by atoms with E-state index in [-0.39, 0.29) is 6.61 Å². The molecular weight excluding hydrogens is 228 g/mol. The van der Waals surface area contributed by atoms with E-state index in [0.29, 0.717) is 11.8 Å². The lowest BCUT2D eigenvalue weighted by Crippen LogP contribution is -2.47. The van der Waals surface area contributed by atoms with Gasteiger partial charge in [-0.25, -0.2) is 4.98 Å². The molecular formula is C14H16N2O2. The van der Waals surface area contributed by atoms with Crippen molar-refractivity contribution in [3.8, 4) is 11.5 Å². The molecule has 4 heteroatoms. The Kier molecular flexibility index (Phi) is 3.13. The normalized spacial score (nSPS) is 16.7. The number of rotatable bonds is 4. The summed E-state index contributed by atoms with van der Waals surface area (Å²) >= 11 is 0. The molecule has 2 aromatic rings. The molecule has 1 aliphatic heterocycles. The lowest BCUT2D eigenvalue weighted by molar-refractivity contribution is 0.0470. The molecule has 0 bridgehead atoms.